The Bertz CT molecular complexity index is 746. The van der Waals surface area contributed by atoms with E-state index in [0.717, 1.165) is 12.8 Å². The number of benzene rings is 1. The number of ether oxygens (including phenoxy) is 2. The predicted octanol–water partition coefficient (Wildman–Crippen LogP) is 2.63. The molecule has 7 heteroatoms. The van der Waals surface area contributed by atoms with E-state index in [4.69, 9.17) is 9.47 Å². The second-order valence-corrected chi connectivity index (χ2v) is 6.40. The number of hydrogen-bond acceptors (Lipinski definition) is 6. The second-order valence-electron chi connectivity index (χ2n) is 6.40. The van der Waals surface area contributed by atoms with Crippen LogP contribution in [-0.4, -0.2) is 60.7 Å². The molecule has 2 aromatic rings. The summed E-state index contributed by atoms with van der Waals surface area (Å²) in [6.45, 7) is 5.45. The van der Waals surface area contributed by atoms with Crippen LogP contribution in [0.1, 0.15) is 30.1 Å². The Morgan fingerprint density at radius 3 is 2.52 bits per heavy atom. The molecule has 0 radical (unpaired) electrons. The molecule has 0 spiro atoms. The Kier molecular flexibility index (Phi) is 6.46. The van der Waals surface area contributed by atoms with Crippen LogP contribution in [0.5, 0.6) is 11.5 Å². The largest absolute Gasteiger partial charge is 0.493 e. The van der Waals surface area contributed by atoms with Crippen LogP contribution in [-0.2, 0) is 0 Å². The molecule has 0 N–H and O–H groups in total. The van der Waals surface area contributed by atoms with Gasteiger partial charge in [0, 0.05) is 44.1 Å². The molecule has 27 heavy (non-hydrogen) atoms. The van der Waals surface area contributed by atoms with Gasteiger partial charge in [0.2, 0.25) is 5.95 Å². The summed E-state index contributed by atoms with van der Waals surface area (Å²) in [6.07, 6.45) is 5.52. The minimum Gasteiger partial charge on any atom is -0.493 e. The van der Waals surface area contributed by atoms with E-state index >= 15 is 0 Å². The molecule has 1 fully saturated rings. The predicted molar refractivity (Wildman–Crippen MR) is 104 cm³/mol. The third kappa shape index (κ3) is 4.67. The highest BCUT2D eigenvalue weighted by Gasteiger charge is 2.24. The lowest BCUT2D eigenvalue weighted by atomic mass is 10.1. The third-order valence-corrected chi connectivity index (χ3v) is 4.57. The minimum atomic E-state index is 0.00189. The summed E-state index contributed by atoms with van der Waals surface area (Å²) in [7, 11) is 1.59. The highest BCUT2D eigenvalue weighted by Crippen LogP contribution is 2.29. The summed E-state index contributed by atoms with van der Waals surface area (Å²) in [4.78, 5) is 25.4. The molecule has 1 aromatic heterocycles. The van der Waals surface area contributed by atoms with Gasteiger partial charge >= 0.3 is 0 Å². The first-order valence-corrected chi connectivity index (χ1v) is 9.35. The Labute approximate surface area is 159 Å². The molecule has 3 rings (SSSR count). The van der Waals surface area contributed by atoms with Crippen molar-refractivity contribution in [1.82, 2.24) is 14.9 Å². The number of amides is 1. The van der Waals surface area contributed by atoms with E-state index in [-0.39, 0.29) is 5.91 Å². The van der Waals surface area contributed by atoms with Crippen LogP contribution in [0, 0.1) is 0 Å². The van der Waals surface area contributed by atoms with Crippen molar-refractivity contribution < 1.29 is 14.3 Å². The van der Waals surface area contributed by atoms with Crippen molar-refractivity contribution in [3.63, 3.8) is 0 Å². The second kappa shape index (κ2) is 9.21. The zero-order valence-corrected chi connectivity index (χ0v) is 15.9. The Morgan fingerprint density at radius 1 is 1.11 bits per heavy atom. The van der Waals surface area contributed by atoms with Crippen molar-refractivity contribution in [2.45, 2.75) is 19.8 Å². The van der Waals surface area contributed by atoms with Gasteiger partial charge in [-0.15, -0.1) is 0 Å². The van der Waals surface area contributed by atoms with Gasteiger partial charge in [-0.05, 0) is 30.7 Å². The van der Waals surface area contributed by atoms with Crippen LogP contribution in [0.15, 0.2) is 36.7 Å². The number of carbonyl (C=O) groups excluding carboxylic acids is 1. The Balaban J connectivity index is 1.62. The van der Waals surface area contributed by atoms with Crippen LogP contribution >= 0.6 is 0 Å². The molecule has 0 bridgehead atoms. The molecular formula is C20H26N4O3. The van der Waals surface area contributed by atoms with E-state index in [1.54, 1.807) is 37.7 Å². The van der Waals surface area contributed by atoms with Crippen LogP contribution in [0.25, 0.3) is 0 Å². The number of methoxy groups -OCH3 is 1. The standard InChI is InChI=1S/C20H26N4O3/c1-3-4-14-27-17-7-6-16(15-18(17)26-2)19(25)23-10-12-24(13-11-23)20-21-8-5-9-22-20/h5-9,15H,3-4,10-14H2,1-2H3. The molecule has 7 nitrogen and oxygen atoms in total. The van der Waals surface area contributed by atoms with Gasteiger partial charge in [0.25, 0.3) is 5.91 Å². The van der Waals surface area contributed by atoms with Crippen molar-refractivity contribution in [3.05, 3.63) is 42.2 Å². The van der Waals surface area contributed by atoms with E-state index in [2.05, 4.69) is 21.8 Å². The number of rotatable bonds is 7. The number of nitrogens with zero attached hydrogens (tertiary/aromatic N) is 4. The summed E-state index contributed by atoms with van der Waals surface area (Å²) in [5.74, 6) is 1.98. The van der Waals surface area contributed by atoms with Crippen molar-refractivity contribution in [1.29, 1.82) is 0 Å². The lowest BCUT2D eigenvalue weighted by molar-refractivity contribution is 0.0746. The zero-order chi connectivity index (χ0) is 19.1. The van der Waals surface area contributed by atoms with Crippen LogP contribution in [0.4, 0.5) is 5.95 Å². The van der Waals surface area contributed by atoms with E-state index in [9.17, 15) is 4.79 Å². The Hall–Kier alpha value is -2.83. The molecule has 1 aliphatic heterocycles. The summed E-state index contributed by atoms with van der Waals surface area (Å²) in [6, 6.07) is 7.18. The van der Waals surface area contributed by atoms with Gasteiger partial charge in [-0.25, -0.2) is 9.97 Å². The highest BCUT2D eigenvalue weighted by atomic mass is 16.5. The third-order valence-electron chi connectivity index (χ3n) is 4.57. The van der Waals surface area contributed by atoms with Gasteiger partial charge in [-0.1, -0.05) is 13.3 Å². The van der Waals surface area contributed by atoms with Gasteiger partial charge in [0.05, 0.1) is 13.7 Å². The number of unbranched alkanes of at least 4 members (excludes halogenated alkanes) is 1. The van der Waals surface area contributed by atoms with Gasteiger partial charge < -0.3 is 19.3 Å². The smallest absolute Gasteiger partial charge is 0.254 e. The van der Waals surface area contributed by atoms with Gasteiger partial charge in [-0.3, -0.25) is 4.79 Å². The van der Waals surface area contributed by atoms with Crippen molar-refractivity contribution in [3.8, 4) is 11.5 Å². The first kappa shape index (κ1) is 18.9. The summed E-state index contributed by atoms with van der Waals surface area (Å²) in [5, 5.41) is 0. The summed E-state index contributed by atoms with van der Waals surface area (Å²) < 4.78 is 11.1. The fraction of sp³-hybridized carbons (Fsp3) is 0.450. The monoisotopic (exact) mass is 370 g/mol. The molecule has 1 amide bonds. The minimum absolute atomic E-state index is 0.00189. The number of carbonyl (C=O) groups is 1. The van der Waals surface area contributed by atoms with E-state index in [1.165, 1.54) is 0 Å². The molecule has 1 aliphatic rings. The molecule has 0 unspecified atom stereocenters. The molecule has 1 aromatic carbocycles. The number of hydrogen-bond donors (Lipinski definition) is 0. The first-order valence-electron chi connectivity index (χ1n) is 9.35. The highest BCUT2D eigenvalue weighted by molar-refractivity contribution is 5.95. The van der Waals surface area contributed by atoms with Crippen LogP contribution in [0.3, 0.4) is 0 Å². The topological polar surface area (TPSA) is 67.8 Å². The van der Waals surface area contributed by atoms with Crippen molar-refractivity contribution in [2.75, 3.05) is 44.8 Å². The maximum atomic E-state index is 12.9. The molecule has 0 atom stereocenters. The number of anilines is 1. The molecule has 1 saturated heterocycles. The molecule has 0 saturated carbocycles. The fourth-order valence-corrected chi connectivity index (χ4v) is 2.99. The van der Waals surface area contributed by atoms with Gasteiger partial charge in [0.1, 0.15) is 0 Å². The fourth-order valence-electron chi connectivity index (χ4n) is 2.99. The molecular weight excluding hydrogens is 344 g/mol. The Morgan fingerprint density at radius 2 is 1.85 bits per heavy atom. The molecule has 0 aliphatic carbocycles. The average molecular weight is 370 g/mol. The lowest BCUT2D eigenvalue weighted by Gasteiger charge is -2.34. The normalized spacial score (nSPS) is 14.1. The molecule has 2 heterocycles. The average Bonchev–Trinajstić information content (AvgIpc) is 2.74. The van der Waals surface area contributed by atoms with E-state index < -0.39 is 0 Å². The summed E-state index contributed by atoms with van der Waals surface area (Å²) >= 11 is 0. The first-order chi connectivity index (χ1) is 13.2. The summed E-state index contributed by atoms with van der Waals surface area (Å²) in [5.41, 5.74) is 0.610. The van der Waals surface area contributed by atoms with Crippen LogP contribution in [0.2, 0.25) is 0 Å². The molecule has 144 valence electrons. The quantitative estimate of drug-likeness (QED) is 0.698. The number of aromatic nitrogens is 2. The van der Waals surface area contributed by atoms with Gasteiger partial charge in [0.15, 0.2) is 11.5 Å². The van der Waals surface area contributed by atoms with E-state index in [1.807, 2.05) is 11.0 Å². The number of piperazine rings is 1. The SMILES string of the molecule is CCCCOc1ccc(C(=O)N2CCN(c3ncccn3)CC2)cc1OC. The van der Waals surface area contributed by atoms with Crippen molar-refractivity contribution >= 4 is 11.9 Å². The van der Waals surface area contributed by atoms with Gasteiger partial charge in [-0.2, -0.15) is 0 Å². The zero-order valence-electron chi connectivity index (χ0n) is 15.9. The van der Waals surface area contributed by atoms with E-state index in [0.29, 0.717) is 55.8 Å². The maximum absolute atomic E-state index is 12.9. The van der Waals surface area contributed by atoms with Crippen LogP contribution < -0.4 is 14.4 Å². The maximum Gasteiger partial charge on any atom is 0.254 e. The lowest BCUT2D eigenvalue weighted by Crippen LogP contribution is -2.49. The van der Waals surface area contributed by atoms with Crippen molar-refractivity contribution in [2.24, 2.45) is 0 Å².